The first-order valence-corrected chi connectivity index (χ1v) is 12.3. The zero-order chi connectivity index (χ0) is 23.0. The fourth-order valence-corrected chi connectivity index (χ4v) is 3.83. The first-order chi connectivity index (χ1) is 14.9. The minimum absolute atomic E-state index is 0.0226. The van der Waals surface area contributed by atoms with Crippen molar-refractivity contribution in [2.24, 2.45) is 7.05 Å². The number of carbonyl (C=O) groups is 1. The van der Waals surface area contributed by atoms with E-state index in [1.165, 1.54) is 6.33 Å². The van der Waals surface area contributed by atoms with Crippen LogP contribution >= 0.6 is 39.3 Å². The van der Waals surface area contributed by atoms with Crippen LogP contribution in [-0.2, 0) is 11.9 Å². The molecule has 0 radical (unpaired) electrons. The number of hydroxylamine groups is 1. The number of aromatic nitrogens is 2. The summed E-state index contributed by atoms with van der Waals surface area (Å²) in [5, 5.41) is 3.31. The van der Waals surface area contributed by atoms with Gasteiger partial charge in [-0.15, -0.1) is 0 Å². The van der Waals surface area contributed by atoms with Crippen molar-refractivity contribution in [1.29, 1.82) is 0 Å². The third kappa shape index (κ3) is 6.35. The monoisotopic (exact) mass is 530 g/mol. The summed E-state index contributed by atoms with van der Waals surface area (Å²) in [5.74, 6) is -0.290. The molecular weight excluding hydrogens is 507 g/mol. The molecule has 10 heteroatoms. The van der Waals surface area contributed by atoms with E-state index in [2.05, 4.69) is 31.7 Å². The Morgan fingerprint density at radius 2 is 2.10 bits per heavy atom. The third-order valence-corrected chi connectivity index (χ3v) is 5.66. The van der Waals surface area contributed by atoms with Crippen molar-refractivity contribution >= 4 is 67.6 Å². The van der Waals surface area contributed by atoms with Gasteiger partial charge in [0.2, 0.25) is 0 Å². The highest BCUT2D eigenvalue weighted by Crippen LogP contribution is 2.34. The van der Waals surface area contributed by atoms with Crippen molar-refractivity contribution < 1.29 is 14.0 Å². The third-order valence-electron chi connectivity index (χ3n) is 4.16. The van der Waals surface area contributed by atoms with E-state index in [0.717, 1.165) is 16.6 Å². The van der Waals surface area contributed by atoms with Crippen molar-refractivity contribution in [1.82, 2.24) is 15.0 Å². The number of fused-ring (bicyclic) bond motifs is 1. The molecule has 1 heterocycles. The summed E-state index contributed by atoms with van der Waals surface area (Å²) >= 11 is 11.3. The fourth-order valence-electron chi connectivity index (χ4n) is 2.70. The molecule has 1 amide bonds. The molecule has 3 rings (SSSR count). The standard InChI is InChI=1S/C19H19BrClFN4O2S.C2H6/c1-26-10-23-18-15(26)9-12(19(27)25-28-6-3-7-29-2)17(16(18)22)24-14-5-4-11(20)8-13(14)21;1-2/h4-5,8-10,24H,3,6-7H2,1-2H3,(H,25,27);1-2H3. The van der Waals surface area contributed by atoms with Gasteiger partial charge in [-0.2, -0.15) is 11.8 Å². The zero-order valence-corrected chi connectivity index (χ0v) is 20.9. The number of halogens is 3. The highest BCUT2D eigenvalue weighted by Gasteiger charge is 2.22. The highest BCUT2D eigenvalue weighted by atomic mass is 79.9. The maximum Gasteiger partial charge on any atom is 0.277 e. The van der Waals surface area contributed by atoms with E-state index in [-0.39, 0.29) is 16.8 Å². The van der Waals surface area contributed by atoms with Gasteiger partial charge in [-0.05, 0) is 42.7 Å². The van der Waals surface area contributed by atoms with Crippen LogP contribution in [0.25, 0.3) is 11.0 Å². The van der Waals surface area contributed by atoms with Gasteiger partial charge in [-0.1, -0.05) is 41.4 Å². The number of nitrogens with one attached hydrogen (secondary N) is 2. The SMILES string of the molecule is CC.CSCCCONC(=O)c1cc2c(ncn2C)c(F)c1Nc1ccc(Br)cc1Cl. The van der Waals surface area contributed by atoms with E-state index in [1.807, 2.05) is 20.1 Å². The van der Waals surface area contributed by atoms with Gasteiger partial charge in [0.05, 0.1) is 40.4 Å². The molecule has 0 aliphatic heterocycles. The number of thioether (sulfide) groups is 1. The second-order valence-corrected chi connectivity index (χ2v) is 8.52. The van der Waals surface area contributed by atoms with E-state index in [9.17, 15) is 4.79 Å². The molecule has 1 aromatic heterocycles. The molecule has 0 saturated heterocycles. The van der Waals surface area contributed by atoms with Gasteiger partial charge < -0.3 is 9.88 Å². The lowest BCUT2D eigenvalue weighted by molar-refractivity contribution is 0.0318. The van der Waals surface area contributed by atoms with Gasteiger partial charge in [0.25, 0.3) is 5.91 Å². The Kier molecular flexibility index (Phi) is 10.1. The van der Waals surface area contributed by atoms with Crippen molar-refractivity contribution in [2.45, 2.75) is 20.3 Å². The Morgan fingerprint density at radius 3 is 2.77 bits per heavy atom. The van der Waals surface area contributed by atoms with Crippen LogP contribution in [0, 0.1) is 5.82 Å². The first kappa shape index (κ1) is 25.5. The highest BCUT2D eigenvalue weighted by molar-refractivity contribution is 9.10. The Balaban J connectivity index is 0.00000166. The predicted molar refractivity (Wildman–Crippen MR) is 131 cm³/mol. The second-order valence-electron chi connectivity index (χ2n) is 6.21. The Labute approximate surface area is 199 Å². The molecule has 2 aromatic carbocycles. The lowest BCUT2D eigenvalue weighted by Gasteiger charge is -2.15. The summed E-state index contributed by atoms with van der Waals surface area (Å²) in [5.41, 5.74) is 3.55. The van der Waals surface area contributed by atoms with Crippen molar-refractivity contribution in [3.8, 4) is 0 Å². The Hall–Kier alpha value is -1.81. The van der Waals surface area contributed by atoms with Gasteiger partial charge in [-0.3, -0.25) is 9.63 Å². The zero-order valence-electron chi connectivity index (χ0n) is 17.8. The normalized spacial score (nSPS) is 10.5. The van der Waals surface area contributed by atoms with Gasteiger partial charge in [-0.25, -0.2) is 14.9 Å². The number of hydrogen-bond acceptors (Lipinski definition) is 5. The van der Waals surface area contributed by atoms with Crippen molar-refractivity contribution in [3.63, 3.8) is 0 Å². The molecule has 0 aliphatic carbocycles. The molecule has 0 aliphatic rings. The van der Waals surface area contributed by atoms with Crippen LogP contribution in [0.3, 0.4) is 0 Å². The Bertz CT molecular complexity index is 1050. The predicted octanol–water partition coefficient (Wildman–Crippen LogP) is 6.31. The largest absolute Gasteiger partial charge is 0.351 e. The summed E-state index contributed by atoms with van der Waals surface area (Å²) < 4.78 is 17.7. The number of benzene rings is 2. The average molecular weight is 532 g/mol. The number of anilines is 2. The second kappa shape index (κ2) is 12.3. The first-order valence-electron chi connectivity index (χ1n) is 9.69. The molecular formula is C21H25BrClFN4O2S. The summed E-state index contributed by atoms with van der Waals surface area (Å²) in [7, 11) is 1.73. The van der Waals surface area contributed by atoms with Gasteiger partial charge >= 0.3 is 0 Å². The average Bonchev–Trinajstić information content (AvgIpc) is 3.13. The summed E-state index contributed by atoms with van der Waals surface area (Å²) in [6, 6.07) is 6.70. The van der Waals surface area contributed by atoms with E-state index in [1.54, 1.807) is 47.6 Å². The Morgan fingerprint density at radius 1 is 1.35 bits per heavy atom. The number of carbonyl (C=O) groups excluding carboxylic acids is 1. The number of hydrogen-bond donors (Lipinski definition) is 2. The molecule has 0 spiro atoms. The molecule has 2 N–H and O–H groups in total. The number of aryl methyl sites for hydroxylation is 1. The minimum Gasteiger partial charge on any atom is -0.351 e. The molecule has 3 aromatic rings. The van der Waals surface area contributed by atoms with E-state index < -0.39 is 11.7 Å². The summed E-state index contributed by atoms with van der Waals surface area (Å²) in [6.07, 6.45) is 4.27. The lowest BCUT2D eigenvalue weighted by atomic mass is 10.1. The number of amides is 1. The van der Waals surface area contributed by atoms with Crippen molar-refractivity contribution in [2.75, 3.05) is 23.9 Å². The topological polar surface area (TPSA) is 68.2 Å². The molecule has 0 atom stereocenters. The maximum absolute atomic E-state index is 15.3. The quantitative estimate of drug-likeness (QED) is 0.263. The van der Waals surface area contributed by atoms with Crippen LogP contribution in [0.5, 0.6) is 0 Å². The maximum atomic E-state index is 15.3. The smallest absolute Gasteiger partial charge is 0.277 e. The van der Waals surface area contributed by atoms with Crippen molar-refractivity contribution in [3.05, 3.63) is 51.5 Å². The van der Waals surface area contributed by atoms with Crippen LogP contribution in [-0.4, -0.2) is 34.1 Å². The molecule has 6 nitrogen and oxygen atoms in total. The lowest BCUT2D eigenvalue weighted by Crippen LogP contribution is -2.25. The molecule has 31 heavy (non-hydrogen) atoms. The van der Waals surface area contributed by atoms with Gasteiger partial charge in [0, 0.05) is 11.5 Å². The number of nitrogens with zero attached hydrogens (tertiary/aromatic N) is 2. The molecule has 0 fully saturated rings. The van der Waals surface area contributed by atoms with Crippen LogP contribution in [0.15, 0.2) is 35.1 Å². The van der Waals surface area contributed by atoms with Gasteiger partial charge in [0.1, 0.15) is 5.52 Å². The summed E-state index contributed by atoms with van der Waals surface area (Å²) in [4.78, 5) is 22.1. The minimum atomic E-state index is -0.644. The van der Waals surface area contributed by atoms with Gasteiger partial charge in [0.15, 0.2) is 5.82 Å². The van der Waals surface area contributed by atoms with E-state index in [0.29, 0.717) is 22.8 Å². The molecule has 0 saturated carbocycles. The van der Waals surface area contributed by atoms with Crippen LogP contribution in [0.4, 0.5) is 15.8 Å². The molecule has 0 unspecified atom stereocenters. The molecule has 168 valence electrons. The summed E-state index contributed by atoms with van der Waals surface area (Å²) in [6.45, 7) is 4.37. The number of imidazole rings is 1. The van der Waals surface area contributed by atoms with Crippen LogP contribution in [0.1, 0.15) is 30.6 Å². The fraction of sp³-hybridized carbons (Fsp3) is 0.333. The number of rotatable bonds is 8. The molecule has 0 bridgehead atoms. The van der Waals surface area contributed by atoms with E-state index >= 15 is 4.39 Å². The van der Waals surface area contributed by atoms with Crippen LogP contribution in [0.2, 0.25) is 5.02 Å². The van der Waals surface area contributed by atoms with Crippen LogP contribution < -0.4 is 10.8 Å². The van der Waals surface area contributed by atoms with E-state index in [4.69, 9.17) is 16.4 Å².